The molecule has 0 aromatic heterocycles. The van der Waals surface area contributed by atoms with Crippen LogP contribution in [0.4, 0.5) is 0 Å². The van der Waals surface area contributed by atoms with Crippen LogP contribution in [0.3, 0.4) is 0 Å². The normalized spacial score (nSPS) is 34.5. The van der Waals surface area contributed by atoms with Gasteiger partial charge in [0.05, 0.1) is 11.6 Å². The summed E-state index contributed by atoms with van der Waals surface area (Å²) >= 11 is 0. The molecular weight excluding hydrogens is 224 g/mol. The van der Waals surface area contributed by atoms with Gasteiger partial charge in [-0.25, -0.2) is 0 Å². The number of fused-ring (bicyclic) bond motifs is 3. The van der Waals surface area contributed by atoms with Crippen LogP contribution in [0.15, 0.2) is 4.99 Å². The van der Waals surface area contributed by atoms with Gasteiger partial charge in [-0.05, 0) is 53.1 Å². The van der Waals surface area contributed by atoms with E-state index >= 15 is 0 Å². The minimum absolute atomic E-state index is 0.106. The average Bonchev–Trinajstić information content (AvgIpc) is 2.71. The van der Waals surface area contributed by atoms with Crippen molar-refractivity contribution >= 4 is 5.84 Å². The number of piperidine rings is 1. The first-order chi connectivity index (χ1) is 8.50. The van der Waals surface area contributed by atoms with Crippen LogP contribution >= 0.6 is 0 Å². The molecule has 0 aliphatic carbocycles. The van der Waals surface area contributed by atoms with Gasteiger partial charge >= 0.3 is 0 Å². The third kappa shape index (κ3) is 2.05. The molecule has 102 valence electrons. The molecule has 3 aliphatic rings. The lowest BCUT2D eigenvalue weighted by molar-refractivity contribution is 0.130. The maximum Gasteiger partial charge on any atom is 0.118 e. The molecule has 4 heteroatoms. The van der Waals surface area contributed by atoms with Crippen molar-refractivity contribution in [2.45, 2.75) is 57.2 Å². The van der Waals surface area contributed by atoms with Gasteiger partial charge in [-0.15, -0.1) is 0 Å². The van der Waals surface area contributed by atoms with E-state index in [-0.39, 0.29) is 11.1 Å². The van der Waals surface area contributed by atoms with E-state index in [1.165, 1.54) is 38.2 Å². The highest BCUT2D eigenvalue weighted by Crippen LogP contribution is 2.36. The second-order valence-electron chi connectivity index (χ2n) is 7.02. The average molecular weight is 250 g/mol. The van der Waals surface area contributed by atoms with Crippen LogP contribution in [0.5, 0.6) is 0 Å². The summed E-state index contributed by atoms with van der Waals surface area (Å²) in [6, 6.07) is 0.537. The molecule has 2 N–H and O–H groups in total. The summed E-state index contributed by atoms with van der Waals surface area (Å²) in [7, 11) is 0. The highest BCUT2D eigenvalue weighted by molar-refractivity contribution is 5.93. The largest absolute Gasteiger partial charge is 0.368 e. The smallest absolute Gasteiger partial charge is 0.118 e. The summed E-state index contributed by atoms with van der Waals surface area (Å²) in [5, 5.41) is 7.19. The van der Waals surface area contributed by atoms with E-state index in [0.717, 1.165) is 13.1 Å². The lowest BCUT2D eigenvalue weighted by Crippen LogP contribution is -2.66. The van der Waals surface area contributed by atoms with Crippen molar-refractivity contribution in [1.29, 1.82) is 0 Å². The molecule has 0 aromatic rings. The van der Waals surface area contributed by atoms with Gasteiger partial charge in [-0.2, -0.15) is 0 Å². The van der Waals surface area contributed by atoms with Gasteiger partial charge in [0.25, 0.3) is 0 Å². The molecule has 2 fully saturated rings. The lowest BCUT2D eigenvalue weighted by atomic mass is 9.83. The van der Waals surface area contributed by atoms with Crippen LogP contribution < -0.4 is 10.6 Å². The first-order valence-corrected chi connectivity index (χ1v) is 7.32. The Hall–Kier alpha value is -0.610. The Kier molecular flexibility index (Phi) is 2.90. The standard InChI is InChI=1S/C14H26N4/c1-13(2,3)17-12-14(5-7-15-8-6-14)18-9-4-11(10-18)16-12/h11,15H,4-10H2,1-3H3,(H,16,17). The molecular formula is C14H26N4. The predicted octanol–water partition coefficient (Wildman–Crippen LogP) is 0.983. The van der Waals surface area contributed by atoms with Crippen LogP contribution in [0, 0.1) is 0 Å². The van der Waals surface area contributed by atoms with Gasteiger partial charge in [0.2, 0.25) is 0 Å². The summed E-state index contributed by atoms with van der Waals surface area (Å²) in [6.07, 6.45) is 3.63. The molecule has 3 heterocycles. The fraction of sp³-hybridized carbons (Fsp3) is 0.929. The van der Waals surface area contributed by atoms with E-state index in [9.17, 15) is 0 Å². The van der Waals surface area contributed by atoms with Gasteiger partial charge < -0.3 is 10.6 Å². The molecule has 2 atom stereocenters. The van der Waals surface area contributed by atoms with Crippen molar-refractivity contribution in [2.24, 2.45) is 4.99 Å². The minimum Gasteiger partial charge on any atom is -0.368 e. The van der Waals surface area contributed by atoms with Crippen molar-refractivity contribution in [1.82, 2.24) is 15.5 Å². The number of aliphatic imine (C=N–C) groups is 1. The number of rotatable bonds is 0. The van der Waals surface area contributed by atoms with E-state index in [1.807, 2.05) is 0 Å². The van der Waals surface area contributed by atoms with Crippen molar-refractivity contribution in [2.75, 3.05) is 26.2 Å². The van der Waals surface area contributed by atoms with Crippen LogP contribution in [0.1, 0.15) is 40.0 Å². The zero-order chi connectivity index (χ0) is 12.8. The van der Waals surface area contributed by atoms with E-state index in [1.54, 1.807) is 0 Å². The SMILES string of the molecule is CC(C)(C)NC1=NC2CCN(C2)C12CCNCC2. The van der Waals surface area contributed by atoms with Crippen LogP contribution in [0.2, 0.25) is 0 Å². The Bertz CT molecular complexity index is 349. The highest BCUT2D eigenvalue weighted by atomic mass is 15.3. The molecule has 18 heavy (non-hydrogen) atoms. The number of amidine groups is 1. The van der Waals surface area contributed by atoms with Crippen molar-refractivity contribution in [3.63, 3.8) is 0 Å². The van der Waals surface area contributed by atoms with Crippen LogP contribution in [0.25, 0.3) is 0 Å². The predicted molar refractivity (Wildman–Crippen MR) is 75.1 cm³/mol. The van der Waals surface area contributed by atoms with E-state index < -0.39 is 0 Å². The maximum atomic E-state index is 5.04. The zero-order valence-electron chi connectivity index (χ0n) is 11.9. The fourth-order valence-corrected chi connectivity index (χ4v) is 3.59. The molecule has 2 bridgehead atoms. The van der Waals surface area contributed by atoms with Crippen molar-refractivity contribution in [3.8, 4) is 0 Å². The van der Waals surface area contributed by atoms with Crippen LogP contribution in [-0.2, 0) is 0 Å². The van der Waals surface area contributed by atoms with Gasteiger partial charge in [0, 0.05) is 18.6 Å². The quantitative estimate of drug-likeness (QED) is 0.673. The molecule has 4 nitrogen and oxygen atoms in total. The molecule has 0 aromatic carbocycles. The molecule has 2 unspecified atom stereocenters. The third-order valence-electron chi connectivity index (χ3n) is 4.45. The summed E-state index contributed by atoms with van der Waals surface area (Å²) in [4.78, 5) is 7.73. The van der Waals surface area contributed by atoms with E-state index in [0.29, 0.717) is 6.04 Å². The lowest BCUT2D eigenvalue weighted by Gasteiger charge is -2.49. The first kappa shape index (κ1) is 12.4. The van der Waals surface area contributed by atoms with Gasteiger partial charge in [-0.1, -0.05) is 0 Å². The molecule has 2 saturated heterocycles. The fourth-order valence-electron chi connectivity index (χ4n) is 3.59. The molecule has 0 radical (unpaired) electrons. The third-order valence-corrected chi connectivity index (χ3v) is 4.45. The molecule has 0 amide bonds. The highest BCUT2D eigenvalue weighted by Gasteiger charge is 2.49. The molecule has 3 rings (SSSR count). The maximum absolute atomic E-state index is 5.04. The Morgan fingerprint density at radius 3 is 2.72 bits per heavy atom. The Balaban J connectivity index is 1.92. The monoisotopic (exact) mass is 250 g/mol. The Morgan fingerprint density at radius 1 is 1.33 bits per heavy atom. The second-order valence-corrected chi connectivity index (χ2v) is 7.02. The molecule has 0 saturated carbocycles. The topological polar surface area (TPSA) is 39.7 Å². The first-order valence-electron chi connectivity index (χ1n) is 7.32. The summed E-state index contributed by atoms with van der Waals surface area (Å²) in [5.74, 6) is 1.27. The van der Waals surface area contributed by atoms with Crippen LogP contribution in [-0.4, -0.2) is 54.0 Å². The summed E-state index contributed by atoms with van der Waals surface area (Å²) in [6.45, 7) is 11.3. The number of hydrogen-bond acceptors (Lipinski definition) is 4. The van der Waals surface area contributed by atoms with E-state index in [2.05, 4.69) is 36.3 Å². The minimum atomic E-state index is 0.106. The van der Waals surface area contributed by atoms with Gasteiger partial charge in [0.1, 0.15) is 5.84 Å². The number of hydrogen-bond donors (Lipinski definition) is 2. The summed E-state index contributed by atoms with van der Waals surface area (Å²) in [5.41, 5.74) is 0.306. The van der Waals surface area contributed by atoms with Crippen molar-refractivity contribution in [3.05, 3.63) is 0 Å². The van der Waals surface area contributed by atoms with Gasteiger partial charge in [0.15, 0.2) is 0 Å². The Labute approximate surface area is 110 Å². The Morgan fingerprint density at radius 2 is 2.06 bits per heavy atom. The number of nitrogens with one attached hydrogen (secondary N) is 2. The molecule has 3 aliphatic heterocycles. The summed E-state index contributed by atoms with van der Waals surface area (Å²) < 4.78 is 0. The molecule has 1 spiro atoms. The second kappa shape index (κ2) is 4.20. The van der Waals surface area contributed by atoms with Crippen molar-refractivity contribution < 1.29 is 0 Å². The van der Waals surface area contributed by atoms with E-state index in [4.69, 9.17) is 4.99 Å². The zero-order valence-corrected chi connectivity index (χ0v) is 11.9. The number of nitrogens with zero attached hydrogens (tertiary/aromatic N) is 2. The van der Waals surface area contributed by atoms with Gasteiger partial charge in [-0.3, -0.25) is 9.89 Å².